The predicted octanol–water partition coefficient (Wildman–Crippen LogP) is 3.58. The van der Waals surface area contributed by atoms with E-state index in [1.54, 1.807) is 17.3 Å². The lowest BCUT2D eigenvalue weighted by molar-refractivity contribution is -0.121. The number of nitrogens with zero attached hydrogens (tertiary/aromatic N) is 4. The zero-order chi connectivity index (χ0) is 19.5. The molecule has 2 amide bonds. The second-order valence-corrected chi connectivity index (χ2v) is 8.68. The summed E-state index contributed by atoms with van der Waals surface area (Å²) >= 11 is 1.45. The number of hydrogen-bond acceptors (Lipinski definition) is 5. The van der Waals surface area contributed by atoms with Crippen LogP contribution in [0, 0.1) is 0 Å². The van der Waals surface area contributed by atoms with E-state index in [2.05, 4.69) is 15.4 Å². The van der Waals surface area contributed by atoms with Crippen LogP contribution in [-0.4, -0.2) is 31.4 Å². The number of carbonyl (C=O) groups excluding carboxylic acids is 2. The average Bonchev–Trinajstić information content (AvgIpc) is 3.33. The number of anilines is 2. The zero-order valence-corrected chi connectivity index (χ0v) is 16.4. The molecule has 0 spiro atoms. The van der Waals surface area contributed by atoms with E-state index < -0.39 is 4.87 Å². The normalized spacial score (nSPS) is 20.7. The van der Waals surface area contributed by atoms with Crippen LogP contribution in [0.3, 0.4) is 0 Å². The summed E-state index contributed by atoms with van der Waals surface area (Å²) in [6.07, 6.45) is 4.25. The van der Waals surface area contributed by atoms with Crippen molar-refractivity contribution in [2.75, 3.05) is 10.2 Å². The highest BCUT2D eigenvalue weighted by molar-refractivity contribution is 8.02. The number of aromatic nitrogens is 3. The summed E-state index contributed by atoms with van der Waals surface area (Å²) in [6.45, 7) is 4.09. The lowest BCUT2D eigenvalue weighted by atomic mass is 10.1. The molecule has 2 aromatic heterocycles. The summed E-state index contributed by atoms with van der Waals surface area (Å²) in [5.41, 5.74) is 2.20. The zero-order valence-electron chi connectivity index (χ0n) is 15.5. The third-order valence-corrected chi connectivity index (χ3v) is 6.68. The molecule has 1 saturated heterocycles. The molecule has 5 rings (SSSR count). The Bertz CT molecular complexity index is 1120. The summed E-state index contributed by atoms with van der Waals surface area (Å²) in [7, 11) is 0. The van der Waals surface area contributed by atoms with Crippen molar-refractivity contribution >= 4 is 46.0 Å². The van der Waals surface area contributed by atoms with Crippen molar-refractivity contribution in [1.29, 1.82) is 0 Å². The van der Waals surface area contributed by atoms with Gasteiger partial charge in [0, 0.05) is 22.7 Å². The molecule has 3 aromatic rings. The van der Waals surface area contributed by atoms with Gasteiger partial charge in [0.2, 0.25) is 5.91 Å². The Morgan fingerprint density at radius 3 is 2.93 bits per heavy atom. The maximum Gasteiger partial charge on any atom is 0.261 e. The number of amides is 2. The minimum Gasteiger partial charge on any atom is -0.322 e. The van der Waals surface area contributed by atoms with Gasteiger partial charge in [-0.2, -0.15) is 5.10 Å². The second kappa shape index (κ2) is 6.07. The third-order valence-electron chi connectivity index (χ3n) is 5.21. The summed E-state index contributed by atoms with van der Waals surface area (Å²) in [5, 5.41) is 8.21. The lowest BCUT2D eigenvalue weighted by Crippen LogP contribution is -2.49. The number of benzene rings is 1. The first-order valence-corrected chi connectivity index (χ1v) is 10.1. The molecule has 142 valence electrons. The number of carbonyl (C=O) groups is 2. The van der Waals surface area contributed by atoms with E-state index in [1.165, 1.54) is 11.8 Å². The predicted molar refractivity (Wildman–Crippen MR) is 108 cm³/mol. The van der Waals surface area contributed by atoms with Crippen molar-refractivity contribution in [3.05, 3.63) is 42.7 Å². The van der Waals surface area contributed by atoms with Crippen LogP contribution >= 0.6 is 11.8 Å². The molecule has 4 heterocycles. The van der Waals surface area contributed by atoms with Gasteiger partial charge in [0.1, 0.15) is 0 Å². The molecule has 8 heteroatoms. The summed E-state index contributed by atoms with van der Waals surface area (Å²) in [6, 6.07) is 9.74. The molecular formula is C20H19N5O2S. The molecule has 0 radical (unpaired) electrons. The Hall–Kier alpha value is -2.87. The van der Waals surface area contributed by atoms with E-state index in [0.717, 1.165) is 21.6 Å². The minimum absolute atomic E-state index is 0.0145. The molecule has 1 atom stereocenters. The molecule has 2 aliphatic heterocycles. The molecule has 2 aliphatic rings. The maximum absolute atomic E-state index is 13.3. The van der Waals surface area contributed by atoms with Crippen molar-refractivity contribution in [3.8, 4) is 0 Å². The van der Waals surface area contributed by atoms with Crippen molar-refractivity contribution in [2.45, 2.75) is 42.5 Å². The van der Waals surface area contributed by atoms with Crippen LogP contribution in [-0.2, 0) is 9.59 Å². The van der Waals surface area contributed by atoms with Gasteiger partial charge < -0.3 is 5.32 Å². The van der Waals surface area contributed by atoms with Crippen molar-refractivity contribution in [1.82, 2.24) is 14.8 Å². The molecule has 1 fully saturated rings. The van der Waals surface area contributed by atoms with E-state index in [-0.39, 0.29) is 17.9 Å². The minimum atomic E-state index is -0.933. The first-order chi connectivity index (χ1) is 13.5. The van der Waals surface area contributed by atoms with Crippen LogP contribution in [0.2, 0.25) is 0 Å². The highest BCUT2D eigenvalue weighted by atomic mass is 32.2. The third kappa shape index (κ3) is 2.37. The maximum atomic E-state index is 13.3. The molecular weight excluding hydrogens is 374 g/mol. The van der Waals surface area contributed by atoms with Gasteiger partial charge in [-0.3, -0.25) is 14.5 Å². The van der Waals surface area contributed by atoms with Crippen LogP contribution in [0.15, 0.2) is 47.6 Å². The first-order valence-electron chi connectivity index (χ1n) is 9.25. The van der Waals surface area contributed by atoms with Gasteiger partial charge >= 0.3 is 0 Å². The summed E-state index contributed by atoms with van der Waals surface area (Å²) < 4.78 is 1.85. The van der Waals surface area contributed by atoms with E-state index >= 15 is 0 Å². The number of thioether (sulfide) groups is 1. The largest absolute Gasteiger partial charge is 0.322 e. The topological polar surface area (TPSA) is 80.1 Å². The highest BCUT2D eigenvalue weighted by Crippen LogP contribution is 2.56. The number of para-hydroxylation sites is 1. The Labute approximate surface area is 166 Å². The molecule has 0 bridgehead atoms. The Morgan fingerprint density at radius 1 is 1.29 bits per heavy atom. The molecule has 0 aliphatic carbocycles. The fourth-order valence-electron chi connectivity index (χ4n) is 3.91. The van der Waals surface area contributed by atoms with E-state index in [1.807, 2.05) is 48.9 Å². The fraction of sp³-hybridized carbons (Fsp3) is 0.300. The van der Waals surface area contributed by atoms with Crippen LogP contribution in [0.25, 0.3) is 11.0 Å². The number of nitrogens with one attached hydrogen (secondary N) is 1. The fourth-order valence-corrected chi connectivity index (χ4v) is 5.33. The van der Waals surface area contributed by atoms with Gasteiger partial charge in [-0.15, -0.1) is 0 Å². The molecule has 0 saturated carbocycles. The lowest BCUT2D eigenvalue weighted by Gasteiger charge is -2.29. The van der Waals surface area contributed by atoms with Gasteiger partial charge in [0.15, 0.2) is 10.5 Å². The number of rotatable bonds is 3. The summed E-state index contributed by atoms with van der Waals surface area (Å²) in [5.74, 6) is -0.212. The molecule has 1 aromatic carbocycles. The monoisotopic (exact) mass is 393 g/mol. The number of hydrogen-bond donors (Lipinski definition) is 1. The van der Waals surface area contributed by atoms with Gasteiger partial charge in [-0.1, -0.05) is 23.9 Å². The quantitative estimate of drug-likeness (QED) is 0.736. The van der Waals surface area contributed by atoms with Crippen molar-refractivity contribution in [2.24, 2.45) is 0 Å². The Morgan fingerprint density at radius 2 is 2.11 bits per heavy atom. The van der Waals surface area contributed by atoms with Crippen molar-refractivity contribution in [3.63, 3.8) is 0 Å². The van der Waals surface area contributed by atoms with Gasteiger partial charge in [0.25, 0.3) is 5.91 Å². The first kappa shape index (κ1) is 17.2. The van der Waals surface area contributed by atoms with E-state index in [4.69, 9.17) is 0 Å². The van der Waals surface area contributed by atoms with Crippen LogP contribution < -0.4 is 10.2 Å². The molecule has 7 nitrogen and oxygen atoms in total. The SMILES string of the molecule is CC(C)n1ncc2cc(NC(=O)[C@]34CCC(=O)N3c3ccccc3S4)cnc21. The number of pyridine rings is 1. The summed E-state index contributed by atoms with van der Waals surface area (Å²) in [4.78, 5) is 32.0. The second-order valence-electron chi connectivity index (χ2n) is 7.36. The Balaban J connectivity index is 1.47. The van der Waals surface area contributed by atoms with Gasteiger partial charge in [0.05, 0.1) is 23.8 Å². The van der Waals surface area contributed by atoms with Gasteiger partial charge in [-0.25, -0.2) is 9.67 Å². The molecule has 0 unspecified atom stereocenters. The highest BCUT2D eigenvalue weighted by Gasteiger charge is 2.57. The van der Waals surface area contributed by atoms with Crippen LogP contribution in [0.4, 0.5) is 11.4 Å². The standard InChI is InChI=1S/C20H19N5O2S/c1-12(2)25-18-13(10-22-25)9-14(11-21-18)23-19(27)20-8-7-17(26)24(20)15-5-3-4-6-16(15)28-20/h3-6,9-12H,7-8H2,1-2H3,(H,23,27)/t20-/m1/s1. The number of fused-ring (bicyclic) bond motifs is 4. The van der Waals surface area contributed by atoms with Gasteiger partial charge in [-0.05, 0) is 38.5 Å². The smallest absolute Gasteiger partial charge is 0.261 e. The average molecular weight is 393 g/mol. The molecule has 28 heavy (non-hydrogen) atoms. The van der Waals surface area contributed by atoms with Crippen molar-refractivity contribution < 1.29 is 9.59 Å². The van der Waals surface area contributed by atoms with E-state index in [0.29, 0.717) is 18.5 Å². The van der Waals surface area contributed by atoms with E-state index in [9.17, 15) is 9.59 Å². The Kier molecular flexibility index (Phi) is 3.74. The van der Waals surface area contributed by atoms with Crippen LogP contribution in [0.5, 0.6) is 0 Å². The van der Waals surface area contributed by atoms with Crippen LogP contribution in [0.1, 0.15) is 32.7 Å². The molecule has 1 N–H and O–H groups in total.